The van der Waals surface area contributed by atoms with Crippen molar-refractivity contribution in [3.8, 4) is 5.75 Å². The summed E-state index contributed by atoms with van der Waals surface area (Å²) in [6, 6.07) is 12.9. The van der Waals surface area contributed by atoms with E-state index in [-0.39, 0.29) is 12.3 Å². The van der Waals surface area contributed by atoms with Crippen LogP contribution in [0.4, 0.5) is 0 Å². The minimum Gasteiger partial charge on any atom is -0.493 e. The molecule has 29 heavy (non-hydrogen) atoms. The number of hydrogen-bond donors (Lipinski definition) is 2. The first-order valence-corrected chi connectivity index (χ1v) is 10.4. The van der Waals surface area contributed by atoms with Gasteiger partial charge in [0.2, 0.25) is 0 Å². The zero-order chi connectivity index (χ0) is 21.1. The Kier molecular flexibility index (Phi) is 9.51. The number of benzene rings is 2. The molecule has 0 heterocycles. The summed E-state index contributed by atoms with van der Waals surface area (Å²) in [4.78, 5) is 23.2. The van der Waals surface area contributed by atoms with E-state index in [1.807, 2.05) is 24.3 Å². The molecular formula is C23H28ClNO4. The number of unbranched alkanes of at least 4 members (excludes halogenated alkanes) is 2. The van der Waals surface area contributed by atoms with Gasteiger partial charge < -0.3 is 15.2 Å². The third-order valence-corrected chi connectivity index (χ3v) is 4.78. The Morgan fingerprint density at radius 3 is 2.38 bits per heavy atom. The maximum atomic E-state index is 12.6. The number of amides is 1. The third kappa shape index (κ3) is 8.16. The molecule has 5 nitrogen and oxygen atoms in total. The Morgan fingerprint density at radius 2 is 1.72 bits per heavy atom. The van der Waals surface area contributed by atoms with Gasteiger partial charge >= 0.3 is 5.97 Å². The fourth-order valence-corrected chi connectivity index (χ4v) is 3.05. The van der Waals surface area contributed by atoms with Gasteiger partial charge in [0.25, 0.3) is 5.91 Å². The van der Waals surface area contributed by atoms with E-state index in [0.29, 0.717) is 42.3 Å². The number of halogens is 1. The van der Waals surface area contributed by atoms with Gasteiger partial charge in [0, 0.05) is 18.0 Å². The molecule has 0 aliphatic rings. The van der Waals surface area contributed by atoms with E-state index in [0.717, 1.165) is 30.4 Å². The summed E-state index contributed by atoms with van der Waals surface area (Å²) in [5.74, 6) is -0.464. The number of aryl methyl sites for hydroxylation is 1. The van der Waals surface area contributed by atoms with Crippen molar-refractivity contribution in [1.82, 2.24) is 5.32 Å². The van der Waals surface area contributed by atoms with Gasteiger partial charge in [0.05, 0.1) is 12.2 Å². The molecule has 2 aromatic carbocycles. The molecule has 0 fully saturated rings. The standard InChI is InChI=1S/C23H28ClNO4/c1-2-3-4-15-29-21-11-10-19(24)16-20(21)23(28)25-14-13-18-7-5-17(6-8-18)9-12-22(26)27/h5-8,10-11,16H,2-4,9,12-15H2,1H3,(H,25,28)(H,26,27). The Balaban J connectivity index is 1.87. The van der Waals surface area contributed by atoms with E-state index in [1.54, 1.807) is 18.2 Å². The molecule has 0 aliphatic heterocycles. The predicted octanol–water partition coefficient (Wildman–Crippen LogP) is 4.90. The molecule has 0 unspecified atom stereocenters. The maximum Gasteiger partial charge on any atom is 0.303 e. The normalized spacial score (nSPS) is 10.6. The van der Waals surface area contributed by atoms with Crippen molar-refractivity contribution in [2.45, 2.75) is 45.4 Å². The number of hydrogen-bond acceptors (Lipinski definition) is 3. The van der Waals surface area contributed by atoms with Crippen LogP contribution in [0.3, 0.4) is 0 Å². The van der Waals surface area contributed by atoms with E-state index < -0.39 is 5.97 Å². The highest BCUT2D eigenvalue weighted by Gasteiger charge is 2.13. The fourth-order valence-electron chi connectivity index (χ4n) is 2.88. The van der Waals surface area contributed by atoms with Crippen LogP contribution >= 0.6 is 11.6 Å². The lowest BCUT2D eigenvalue weighted by molar-refractivity contribution is -0.136. The van der Waals surface area contributed by atoms with E-state index in [2.05, 4.69) is 12.2 Å². The Morgan fingerprint density at radius 1 is 1.03 bits per heavy atom. The van der Waals surface area contributed by atoms with Crippen LogP contribution in [0, 0.1) is 0 Å². The number of nitrogens with one attached hydrogen (secondary N) is 1. The fraction of sp³-hybridized carbons (Fsp3) is 0.391. The first-order valence-electron chi connectivity index (χ1n) is 9.99. The summed E-state index contributed by atoms with van der Waals surface area (Å²) in [6.07, 6.45) is 4.46. The number of carbonyl (C=O) groups excluding carboxylic acids is 1. The monoisotopic (exact) mass is 417 g/mol. The minimum atomic E-state index is -0.800. The van der Waals surface area contributed by atoms with Gasteiger partial charge in [-0.3, -0.25) is 9.59 Å². The summed E-state index contributed by atoms with van der Waals surface area (Å²) in [5.41, 5.74) is 2.51. The summed E-state index contributed by atoms with van der Waals surface area (Å²) in [5, 5.41) is 12.2. The molecule has 2 aromatic rings. The first kappa shape index (κ1) is 22.8. The van der Waals surface area contributed by atoms with Crippen LogP contribution in [0.15, 0.2) is 42.5 Å². The van der Waals surface area contributed by atoms with E-state index >= 15 is 0 Å². The molecule has 6 heteroatoms. The number of rotatable bonds is 12. The summed E-state index contributed by atoms with van der Waals surface area (Å²) >= 11 is 6.06. The molecule has 0 aromatic heterocycles. The summed E-state index contributed by atoms with van der Waals surface area (Å²) in [7, 11) is 0. The first-order chi connectivity index (χ1) is 14.0. The van der Waals surface area contributed by atoms with Gasteiger partial charge in [0.1, 0.15) is 5.75 Å². The highest BCUT2D eigenvalue weighted by molar-refractivity contribution is 6.31. The lowest BCUT2D eigenvalue weighted by atomic mass is 10.1. The minimum absolute atomic E-state index is 0.123. The van der Waals surface area contributed by atoms with Gasteiger partial charge in [-0.05, 0) is 48.6 Å². The average molecular weight is 418 g/mol. The molecule has 2 N–H and O–H groups in total. The van der Waals surface area contributed by atoms with Crippen molar-refractivity contribution in [3.05, 3.63) is 64.2 Å². The van der Waals surface area contributed by atoms with Crippen molar-refractivity contribution in [2.75, 3.05) is 13.2 Å². The van der Waals surface area contributed by atoms with Gasteiger partial charge in [0.15, 0.2) is 0 Å². The van der Waals surface area contributed by atoms with Crippen LogP contribution in [0.25, 0.3) is 0 Å². The highest BCUT2D eigenvalue weighted by atomic mass is 35.5. The molecule has 156 valence electrons. The highest BCUT2D eigenvalue weighted by Crippen LogP contribution is 2.23. The quantitative estimate of drug-likeness (QED) is 0.481. The van der Waals surface area contributed by atoms with Crippen LogP contribution in [0.2, 0.25) is 5.02 Å². The smallest absolute Gasteiger partial charge is 0.303 e. The molecule has 0 saturated heterocycles. The summed E-state index contributed by atoms with van der Waals surface area (Å²) < 4.78 is 5.77. The van der Waals surface area contributed by atoms with Crippen molar-refractivity contribution in [1.29, 1.82) is 0 Å². The van der Waals surface area contributed by atoms with Crippen LogP contribution in [-0.4, -0.2) is 30.1 Å². The van der Waals surface area contributed by atoms with Gasteiger partial charge in [-0.15, -0.1) is 0 Å². The molecule has 0 atom stereocenters. The number of ether oxygens (including phenoxy) is 1. The lowest BCUT2D eigenvalue weighted by Crippen LogP contribution is -2.26. The Bertz CT molecular complexity index is 805. The van der Waals surface area contributed by atoms with Crippen molar-refractivity contribution in [3.63, 3.8) is 0 Å². The molecule has 0 aliphatic carbocycles. The zero-order valence-corrected chi connectivity index (χ0v) is 17.5. The van der Waals surface area contributed by atoms with Gasteiger partial charge in [-0.25, -0.2) is 0 Å². The lowest BCUT2D eigenvalue weighted by Gasteiger charge is -2.12. The number of aliphatic carboxylic acids is 1. The van der Waals surface area contributed by atoms with E-state index in [9.17, 15) is 9.59 Å². The molecular weight excluding hydrogens is 390 g/mol. The summed E-state index contributed by atoms with van der Waals surface area (Å²) in [6.45, 7) is 3.18. The van der Waals surface area contributed by atoms with E-state index in [1.165, 1.54) is 0 Å². The molecule has 0 bridgehead atoms. The molecule has 0 radical (unpaired) electrons. The van der Waals surface area contributed by atoms with Gasteiger partial charge in [-0.2, -0.15) is 0 Å². The Hall–Kier alpha value is -2.53. The van der Waals surface area contributed by atoms with Crippen LogP contribution in [0.1, 0.15) is 54.1 Å². The van der Waals surface area contributed by atoms with Crippen molar-refractivity contribution >= 4 is 23.5 Å². The van der Waals surface area contributed by atoms with Crippen LogP contribution in [0.5, 0.6) is 5.75 Å². The van der Waals surface area contributed by atoms with Crippen molar-refractivity contribution < 1.29 is 19.4 Å². The number of carbonyl (C=O) groups is 2. The number of carboxylic acids is 1. The van der Waals surface area contributed by atoms with Crippen LogP contribution < -0.4 is 10.1 Å². The second-order valence-electron chi connectivity index (χ2n) is 6.91. The topological polar surface area (TPSA) is 75.6 Å². The molecule has 1 amide bonds. The second kappa shape index (κ2) is 12.1. The Labute approximate surface area is 177 Å². The zero-order valence-electron chi connectivity index (χ0n) is 16.7. The second-order valence-corrected chi connectivity index (χ2v) is 7.35. The molecule has 2 rings (SSSR count). The SMILES string of the molecule is CCCCCOc1ccc(Cl)cc1C(=O)NCCc1ccc(CCC(=O)O)cc1. The van der Waals surface area contributed by atoms with Gasteiger partial charge in [-0.1, -0.05) is 55.6 Å². The largest absolute Gasteiger partial charge is 0.493 e. The number of carboxylic acid groups (broad SMARTS) is 1. The third-order valence-electron chi connectivity index (χ3n) is 4.54. The predicted molar refractivity (Wildman–Crippen MR) is 115 cm³/mol. The van der Waals surface area contributed by atoms with Crippen molar-refractivity contribution in [2.24, 2.45) is 0 Å². The molecule has 0 spiro atoms. The molecule has 0 saturated carbocycles. The van der Waals surface area contributed by atoms with E-state index in [4.69, 9.17) is 21.4 Å². The maximum absolute atomic E-state index is 12.6. The van der Waals surface area contributed by atoms with Crippen LogP contribution in [-0.2, 0) is 17.6 Å². The average Bonchev–Trinajstić information content (AvgIpc) is 2.71.